The molecule has 0 fully saturated rings. The fourth-order valence-electron chi connectivity index (χ4n) is 6.60. The molecule has 2 aliphatic rings. The molecule has 0 aliphatic carbocycles. The Balaban J connectivity index is 0.000000200. The second-order valence-corrected chi connectivity index (χ2v) is 13.3. The number of benzene rings is 4. The van der Waals surface area contributed by atoms with E-state index in [1.807, 2.05) is 12.1 Å². The van der Waals surface area contributed by atoms with Crippen molar-refractivity contribution >= 4 is 0 Å². The standard InChI is InChI=1S/2C19H20N3.2BrH.H2O/c2*1-19(2)12-16-10-6-7-11-17(16)18-20-21(14-22(18)19)13-15-8-4-3-5-9-15;;;/h2*3-11,14H,12-13H2,1-2H3;2*1H;1H2/q2*+1;;;/p-2. The minimum absolute atomic E-state index is 0. The molecule has 0 saturated heterocycles. The molecule has 0 amide bonds. The predicted octanol–water partition coefficient (Wildman–Crippen LogP) is -0.462. The molecule has 2 aromatic heterocycles. The van der Waals surface area contributed by atoms with Crippen molar-refractivity contribution in [3.8, 4) is 22.8 Å². The van der Waals surface area contributed by atoms with E-state index in [0.29, 0.717) is 0 Å². The SMILES string of the molecule is CC1(C)Cc2ccccc2-c2nn(Cc3ccccc3)c[n+]21.CC1(C)Cc2ccccc2-c2nn(Cc3ccccc3)c[n+]21.O.[Br-].[Br-]. The maximum Gasteiger partial charge on any atom is 0.309 e. The van der Waals surface area contributed by atoms with Gasteiger partial charge in [-0.1, -0.05) is 97.1 Å². The van der Waals surface area contributed by atoms with E-state index in [-0.39, 0.29) is 50.5 Å². The third kappa shape index (κ3) is 7.32. The summed E-state index contributed by atoms with van der Waals surface area (Å²) in [6.45, 7) is 10.7. The first-order valence-electron chi connectivity index (χ1n) is 15.5. The van der Waals surface area contributed by atoms with E-state index in [4.69, 9.17) is 10.2 Å². The van der Waals surface area contributed by atoms with Crippen molar-refractivity contribution in [3.05, 3.63) is 144 Å². The van der Waals surface area contributed by atoms with Crippen LogP contribution in [0.15, 0.2) is 122 Å². The molecule has 0 bridgehead atoms. The van der Waals surface area contributed by atoms with Crippen LogP contribution in [0.4, 0.5) is 0 Å². The molecular formula is C38H42Br2N6O. The van der Waals surface area contributed by atoms with Crippen molar-refractivity contribution in [2.75, 3.05) is 0 Å². The number of nitrogens with zero attached hydrogens (tertiary/aromatic N) is 6. The number of rotatable bonds is 4. The van der Waals surface area contributed by atoms with E-state index in [0.717, 1.165) is 37.6 Å². The first kappa shape index (κ1) is 35.9. The fourth-order valence-corrected chi connectivity index (χ4v) is 6.60. The van der Waals surface area contributed by atoms with Gasteiger partial charge in [-0.05, 0) is 62.1 Å². The van der Waals surface area contributed by atoms with Crippen LogP contribution < -0.4 is 43.1 Å². The van der Waals surface area contributed by atoms with E-state index >= 15 is 0 Å². The molecule has 7 nitrogen and oxygen atoms in total. The van der Waals surface area contributed by atoms with Crippen molar-refractivity contribution in [1.82, 2.24) is 19.6 Å². The van der Waals surface area contributed by atoms with Gasteiger partial charge < -0.3 is 39.4 Å². The maximum atomic E-state index is 4.86. The van der Waals surface area contributed by atoms with Gasteiger partial charge in [-0.15, -0.1) is 9.36 Å². The highest BCUT2D eigenvalue weighted by molar-refractivity contribution is 5.59. The number of halogens is 2. The zero-order valence-corrected chi connectivity index (χ0v) is 30.5. The molecule has 9 heteroatoms. The van der Waals surface area contributed by atoms with Crippen LogP contribution in [0.2, 0.25) is 0 Å². The van der Waals surface area contributed by atoms with Crippen molar-refractivity contribution < 1.29 is 48.6 Å². The Hall–Kier alpha value is -3.92. The molecule has 2 aliphatic heterocycles. The zero-order valence-electron chi connectivity index (χ0n) is 27.3. The van der Waals surface area contributed by atoms with Crippen molar-refractivity contribution in [1.29, 1.82) is 0 Å². The topological polar surface area (TPSA) is 74.9 Å². The number of aromatic nitrogens is 6. The molecule has 0 saturated carbocycles. The summed E-state index contributed by atoms with van der Waals surface area (Å²) in [6.07, 6.45) is 6.38. The molecule has 4 heterocycles. The predicted molar refractivity (Wildman–Crippen MR) is 176 cm³/mol. The summed E-state index contributed by atoms with van der Waals surface area (Å²) in [5, 5.41) is 9.73. The van der Waals surface area contributed by atoms with Gasteiger partial charge in [0.25, 0.3) is 0 Å². The summed E-state index contributed by atoms with van der Waals surface area (Å²) in [7, 11) is 0. The normalized spacial score (nSPS) is 14.2. The fraction of sp³-hybridized carbons (Fsp3) is 0.263. The highest BCUT2D eigenvalue weighted by Gasteiger charge is 2.39. The largest absolute Gasteiger partial charge is 1.00 e. The lowest BCUT2D eigenvalue weighted by molar-refractivity contribution is -0.750. The van der Waals surface area contributed by atoms with Gasteiger partial charge in [0.2, 0.25) is 12.7 Å². The van der Waals surface area contributed by atoms with Crippen molar-refractivity contribution in [2.45, 2.75) is 64.7 Å². The van der Waals surface area contributed by atoms with Crippen LogP contribution in [0.3, 0.4) is 0 Å². The van der Waals surface area contributed by atoms with E-state index in [1.54, 1.807) is 0 Å². The molecule has 0 radical (unpaired) electrons. The second kappa shape index (κ2) is 14.5. The quantitative estimate of drug-likeness (QED) is 0.229. The Morgan fingerprint density at radius 2 is 0.872 bits per heavy atom. The van der Waals surface area contributed by atoms with E-state index in [9.17, 15) is 0 Å². The molecule has 6 aromatic rings. The van der Waals surface area contributed by atoms with E-state index in [2.05, 4.69) is 156 Å². The molecular weight excluding hydrogens is 716 g/mol. The van der Waals surface area contributed by atoms with Gasteiger partial charge in [-0.3, -0.25) is 0 Å². The highest BCUT2D eigenvalue weighted by Crippen LogP contribution is 2.32. The molecule has 0 spiro atoms. The maximum absolute atomic E-state index is 4.86. The van der Waals surface area contributed by atoms with Crippen LogP contribution >= 0.6 is 0 Å². The lowest BCUT2D eigenvalue weighted by Crippen LogP contribution is -3.00. The van der Waals surface area contributed by atoms with Gasteiger partial charge in [0.15, 0.2) is 0 Å². The van der Waals surface area contributed by atoms with E-state index in [1.165, 1.54) is 33.4 Å². The first-order valence-corrected chi connectivity index (χ1v) is 15.5. The minimum atomic E-state index is 0. The van der Waals surface area contributed by atoms with Gasteiger partial charge in [0, 0.05) is 23.0 Å². The summed E-state index contributed by atoms with van der Waals surface area (Å²) in [5.74, 6) is 2.14. The van der Waals surface area contributed by atoms with Gasteiger partial charge in [-0.2, -0.15) is 0 Å². The minimum Gasteiger partial charge on any atom is -1.00 e. The van der Waals surface area contributed by atoms with Crippen molar-refractivity contribution in [2.24, 2.45) is 0 Å². The Morgan fingerprint density at radius 1 is 0.532 bits per heavy atom. The smallest absolute Gasteiger partial charge is 0.309 e. The number of fused-ring (bicyclic) bond motifs is 6. The van der Waals surface area contributed by atoms with Crippen LogP contribution in [0, 0.1) is 0 Å². The molecule has 4 aromatic carbocycles. The first-order chi connectivity index (χ1) is 21.3. The van der Waals surface area contributed by atoms with Crippen LogP contribution in [-0.4, -0.2) is 25.0 Å². The lowest BCUT2D eigenvalue weighted by atomic mass is 9.87. The Bertz CT molecular complexity index is 1790. The number of hydrogen-bond acceptors (Lipinski definition) is 2. The third-order valence-electron chi connectivity index (χ3n) is 8.84. The highest BCUT2D eigenvalue weighted by atomic mass is 79.9. The van der Waals surface area contributed by atoms with Crippen LogP contribution in [0.1, 0.15) is 49.9 Å². The van der Waals surface area contributed by atoms with Crippen molar-refractivity contribution in [3.63, 3.8) is 0 Å². The van der Waals surface area contributed by atoms with Gasteiger partial charge >= 0.3 is 11.6 Å². The summed E-state index contributed by atoms with van der Waals surface area (Å²) in [5.41, 5.74) is 7.94. The molecule has 0 unspecified atom stereocenters. The van der Waals surface area contributed by atoms with Crippen LogP contribution in [0.5, 0.6) is 0 Å². The number of hydrogen-bond donors (Lipinski definition) is 0. The molecule has 2 N–H and O–H groups in total. The van der Waals surface area contributed by atoms with Gasteiger partial charge in [0.1, 0.15) is 13.1 Å². The average Bonchev–Trinajstić information content (AvgIpc) is 3.65. The molecule has 244 valence electrons. The Labute approximate surface area is 298 Å². The molecule has 47 heavy (non-hydrogen) atoms. The summed E-state index contributed by atoms with van der Waals surface area (Å²) in [6, 6.07) is 38.2. The average molecular weight is 759 g/mol. The third-order valence-corrected chi connectivity index (χ3v) is 8.84. The van der Waals surface area contributed by atoms with Gasteiger partial charge in [0.05, 0.1) is 22.2 Å². The summed E-state index contributed by atoms with van der Waals surface area (Å²) >= 11 is 0. The van der Waals surface area contributed by atoms with E-state index < -0.39 is 0 Å². The van der Waals surface area contributed by atoms with Crippen LogP contribution in [-0.2, 0) is 37.0 Å². The van der Waals surface area contributed by atoms with Crippen LogP contribution in [0.25, 0.3) is 22.8 Å². The summed E-state index contributed by atoms with van der Waals surface area (Å²) < 4.78 is 8.74. The van der Waals surface area contributed by atoms with Gasteiger partial charge in [-0.25, -0.2) is 9.13 Å². The zero-order chi connectivity index (χ0) is 30.3. The molecule has 8 rings (SSSR count). The Morgan fingerprint density at radius 3 is 1.26 bits per heavy atom. The summed E-state index contributed by atoms with van der Waals surface area (Å²) in [4.78, 5) is 0. The second-order valence-electron chi connectivity index (χ2n) is 13.3. The Kier molecular flexibility index (Phi) is 11.1. The molecule has 0 atom stereocenters. The monoisotopic (exact) mass is 756 g/mol. The lowest BCUT2D eigenvalue weighted by Gasteiger charge is -2.28.